The van der Waals surface area contributed by atoms with E-state index in [4.69, 9.17) is 0 Å². The first-order valence-corrected chi connectivity index (χ1v) is 6.73. The Morgan fingerprint density at radius 1 is 0.955 bits per heavy atom. The first kappa shape index (κ1) is 16.1. The van der Waals surface area contributed by atoms with Gasteiger partial charge in [0.05, 0.1) is 11.6 Å². The van der Waals surface area contributed by atoms with Crippen LogP contribution in [-0.2, 0) is 18.3 Å². The lowest BCUT2D eigenvalue weighted by Gasteiger charge is -2.24. The van der Waals surface area contributed by atoms with Gasteiger partial charge in [-0.2, -0.15) is 18.4 Å². The van der Waals surface area contributed by atoms with Gasteiger partial charge in [0.1, 0.15) is 5.54 Å². The number of hydrogen-bond acceptors (Lipinski definition) is 2. The second-order valence-corrected chi connectivity index (χ2v) is 5.15. The Labute approximate surface area is 127 Å². The van der Waals surface area contributed by atoms with Crippen LogP contribution < -0.4 is 5.32 Å². The Bertz CT molecular complexity index is 657. The van der Waals surface area contributed by atoms with Crippen LogP contribution in [0.1, 0.15) is 23.6 Å². The molecule has 0 aliphatic rings. The van der Waals surface area contributed by atoms with Crippen molar-refractivity contribution in [3.05, 3.63) is 71.3 Å². The van der Waals surface area contributed by atoms with Gasteiger partial charge in [0, 0.05) is 6.54 Å². The average molecular weight is 304 g/mol. The van der Waals surface area contributed by atoms with E-state index in [0.717, 1.165) is 17.7 Å². The molecule has 2 nitrogen and oxygen atoms in total. The van der Waals surface area contributed by atoms with Crippen LogP contribution in [0.2, 0.25) is 0 Å². The molecule has 0 radical (unpaired) electrons. The Kier molecular flexibility index (Phi) is 4.53. The lowest BCUT2D eigenvalue weighted by molar-refractivity contribution is -0.137. The van der Waals surface area contributed by atoms with Crippen molar-refractivity contribution in [1.29, 1.82) is 5.26 Å². The molecule has 0 aromatic heterocycles. The minimum atomic E-state index is -4.34. The van der Waals surface area contributed by atoms with E-state index in [0.29, 0.717) is 12.1 Å². The van der Waals surface area contributed by atoms with Crippen LogP contribution in [0.4, 0.5) is 13.2 Å². The Morgan fingerprint density at radius 2 is 1.55 bits per heavy atom. The summed E-state index contributed by atoms with van der Waals surface area (Å²) in [6.45, 7) is 2.05. The third-order valence-corrected chi connectivity index (χ3v) is 3.50. The largest absolute Gasteiger partial charge is 0.416 e. The van der Waals surface area contributed by atoms with Crippen LogP contribution in [0.3, 0.4) is 0 Å². The Morgan fingerprint density at radius 3 is 2.05 bits per heavy atom. The fourth-order valence-electron chi connectivity index (χ4n) is 2.07. The summed E-state index contributed by atoms with van der Waals surface area (Å²) in [5, 5.41) is 12.5. The number of rotatable bonds is 4. The molecular weight excluding hydrogens is 289 g/mol. The van der Waals surface area contributed by atoms with Gasteiger partial charge >= 0.3 is 6.18 Å². The molecule has 1 N–H and O–H groups in total. The van der Waals surface area contributed by atoms with Gasteiger partial charge in [-0.3, -0.25) is 5.32 Å². The molecule has 0 unspecified atom stereocenters. The van der Waals surface area contributed by atoms with E-state index < -0.39 is 17.3 Å². The summed E-state index contributed by atoms with van der Waals surface area (Å²) >= 11 is 0. The molecule has 0 saturated heterocycles. The maximum absolute atomic E-state index is 12.5. The van der Waals surface area contributed by atoms with Gasteiger partial charge in [0.2, 0.25) is 0 Å². The number of nitrogens with zero attached hydrogens (tertiary/aromatic N) is 1. The minimum Gasteiger partial charge on any atom is -0.292 e. The van der Waals surface area contributed by atoms with E-state index in [2.05, 4.69) is 11.4 Å². The van der Waals surface area contributed by atoms with Gasteiger partial charge in [-0.25, -0.2) is 0 Å². The van der Waals surface area contributed by atoms with Crippen LogP contribution >= 0.6 is 0 Å². The predicted octanol–water partition coefficient (Wildman–Crippen LogP) is 4.23. The quantitative estimate of drug-likeness (QED) is 0.917. The van der Waals surface area contributed by atoms with Gasteiger partial charge in [-0.15, -0.1) is 0 Å². The molecule has 0 saturated carbocycles. The van der Waals surface area contributed by atoms with Gasteiger partial charge in [-0.1, -0.05) is 42.5 Å². The van der Waals surface area contributed by atoms with Gasteiger partial charge in [0.25, 0.3) is 0 Å². The average Bonchev–Trinajstić information content (AvgIpc) is 2.53. The molecule has 5 heteroatoms. The zero-order valence-electron chi connectivity index (χ0n) is 12.0. The molecule has 1 atom stereocenters. The lowest BCUT2D eigenvalue weighted by atomic mass is 9.93. The van der Waals surface area contributed by atoms with Crippen LogP contribution in [0.5, 0.6) is 0 Å². The molecule has 114 valence electrons. The van der Waals surface area contributed by atoms with Crippen molar-refractivity contribution in [3.8, 4) is 6.07 Å². The second-order valence-electron chi connectivity index (χ2n) is 5.15. The molecule has 0 spiro atoms. The molecule has 22 heavy (non-hydrogen) atoms. The van der Waals surface area contributed by atoms with Gasteiger partial charge in [0.15, 0.2) is 0 Å². The molecule has 2 rings (SSSR count). The third-order valence-electron chi connectivity index (χ3n) is 3.50. The topological polar surface area (TPSA) is 35.8 Å². The fraction of sp³-hybridized carbons (Fsp3) is 0.235. The van der Waals surface area contributed by atoms with Crippen molar-refractivity contribution in [1.82, 2.24) is 5.32 Å². The summed E-state index contributed by atoms with van der Waals surface area (Å²) in [6.07, 6.45) is -4.34. The van der Waals surface area contributed by atoms with Crippen LogP contribution in [-0.4, -0.2) is 0 Å². The number of nitriles is 1. The van der Waals surface area contributed by atoms with E-state index >= 15 is 0 Å². The molecule has 0 heterocycles. The van der Waals surface area contributed by atoms with E-state index in [-0.39, 0.29) is 0 Å². The van der Waals surface area contributed by atoms with Crippen molar-refractivity contribution in [2.24, 2.45) is 0 Å². The highest BCUT2D eigenvalue weighted by molar-refractivity contribution is 5.31. The molecular formula is C17H15F3N2. The van der Waals surface area contributed by atoms with Crippen molar-refractivity contribution in [2.45, 2.75) is 25.2 Å². The van der Waals surface area contributed by atoms with Crippen LogP contribution in [0, 0.1) is 11.3 Å². The zero-order valence-corrected chi connectivity index (χ0v) is 12.0. The van der Waals surface area contributed by atoms with E-state index in [1.54, 1.807) is 6.92 Å². The van der Waals surface area contributed by atoms with E-state index in [1.807, 2.05) is 30.3 Å². The summed E-state index contributed by atoms with van der Waals surface area (Å²) < 4.78 is 37.5. The first-order chi connectivity index (χ1) is 10.3. The number of halogens is 3. The number of alkyl halides is 3. The highest BCUT2D eigenvalue weighted by Gasteiger charge is 2.30. The molecule has 0 bridgehead atoms. The summed E-state index contributed by atoms with van der Waals surface area (Å²) in [6, 6.07) is 16.3. The highest BCUT2D eigenvalue weighted by atomic mass is 19.4. The second kappa shape index (κ2) is 6.20. The van der Waals surface area contributed by atoms with E-state index in [9.17, 15) is 18.4 Å². The number of benzene rings is 2. The summed E-state index contributed by atoms with van der Waals surface area (Å²) in [7, 11) is 0. The molecule has 0 fully saturated rings. The molecule has 2 aromatic rings. The number of nitrogens with one attached hydrogen (secondary N) is 1. The summed E-state index contributed by atoms with van der Waals surface area (Å²) in [5.74, 6) is 0. The SMILES string of the molecule is C[C@@](C#N)(NCc1ccc(C(F)(F)F)cc1)c1ccccc1. The summed E-state index contributed by atoms with van der Waals surface area (Å²) in [4.78, 5) is 0. The molecule has 2 aromatic carbocycles. The Hall–Kier alpha value is -2.32. The normalized spacial score (nSPS) is 14.1. The first-order valence-electron chi connectivity index (χ1n) is 6.73. The van der Waals surface area contributed by atoms with Crippen molar-refractivity contribution >= 4 is 0 Å². The number of hydrogen-bond donors (Lipinski definition) is 1. The molecule has 0 amide bonds. The van der Waals surface area contributed by atoms with Crippen molar-refractivity contribution < 1.29 is 13.2 Å². The standard InChI is InChI=1S/C17H15F3N2/c1-16(12-21,14-5-3-2-4-6-14)22-11-13-7-9-15(10-8-13)17(18,19)20/h2-10,22H,11H2,1H3/t16-/m0/s1. The zero-order chi connectivity index (χ0) is 16.2. The van der Waals surface area contributed by atoms with Crippen LogP contribution in [0.25, 0.3) is 0 Å². The third kappa shape index (κ3) is 3.66. The Balaban J connectivity index is 2.10. The fourth-order valence-corrected chi connectivity index (χ4v) is 2.07. The van der Waals surface area contributed by atoms with E-state index in [1.165, 1.54) is 12.1 Å². The monoisotopic (exact) mass is 304 g/mol. The maximum Gasteiger partial charge on any atom is 0.416 e. The highest BCUT2D eigenvalue weighted by Crippen LogP contribution is 2.29. The van der Waals surface area contributed by atoms with Crippen molar-refractivity contribution in [3.63, 3.8) is 0 Å². The molecule has 0 aliphatic carbocycles. The van der Waals surface area contributed by atoms with Gasteiger partial charge < -0.3 is 0 Å². The minimum absolute atomic E-state index is 0.303. The van der Waals surface area contributed by atoms with Crippen LogP contribution in [0.15, 0.2) is 54.6 Å². The lowest BCUT2D eigenvalue weighted by Crippen LogP contribution is -2.37. The predicted molar refractivity (Wildman–Crippen MR) is 77.7 cm³/mol. The summed E-state index contributed by atoms with van der Waals surface area (Å²) in [5.41, 5.74) is -0.0820. The molecule has 0 aliphatic heterocycles. The maximum atomic E-state index is 12.5. The van der Waals surface area contributed by atoms with Crippen molar-refractivity contribution in [2.75, 3.05) is 0 Å². The van der Waals surface area contributed by atoms with Gasteiger partial charge in [-0.05, 0) is 30.2 Å². The smallest absolute Gasteiger partial charge is 0.292 e.